The number of carbonyl (C=O) groups is 1. The highest BCUT2D eigenvalue weighted by Crippen LogP contribution is 2.19. The van der Waals surface area contributed by atoms with Crippen molar-refractivity contribution >= 4 is 21.6 Å². The lowest BCUT2D eigenvalue weighted by atomic mass is 10.1. The van der Waals surface area contributed by atoms with Crippen molar-refractivity contribution in [2.75, 3.05) is 11.3 Å². The van der Waals surface area contributed by atoms with Gasteiger partial charge in [0.1, 0.15) is 0 Å². The maximum absolute atomic E-state index is 12.6. The highest BCUT2D eigenvalue weighted by atomic mass is 32.2. The van der Waals surface area contributed by atoms with Crippen LogP contribution in [0.4, 0.5) is 5.69 Å². The van der Waals surface area contributed by atoms with Gasteiger partial charge in [-0.15, -0.1) is 0 Å². The summed E-state index contributed by atoms with van der Waals surface area (Å²) in [6, 6.07) is 11.5. The first-order chi connectivity index (χ1) is 12.2. The molecular formula is C19H25N3O3S. The number of sulfonamides is 1. The van der Waals surface area contributed by atoms with E-state index in [1.54, 1.807) is 25.1 Å². The van der Waals surface area contributed by atoms with E-state index in [2.05, 4.69) is 10.0 Å². The van der Waals surface area contributed by atoms with Crippen LogP contribution in [0.25, 0.3) is 0 Å². The predicted octanol–water partition coefficient (Wildman–Crippen LogP) is 2.57. The first-order valence-corrected chi connectivity index (χ1v) is 9.91. The van der Waals surface area contributed by atoms with Crippen molar-refractivity contribution in [1.82, 2.24) is 5.32 Å². The lowest BCUT2D eigenvalue weighted by Gasteiger charge is -2.12. The average Bonchev–Trinajstić information content (AvgIpc) is 2.56. The smallest absolute Gasteiger partial charge is 0.261 e. The molecule has 2 aromatic rings. The third kappa shape index (κ3) is 5.31. The first kappa shape index (κ1) is 19.9. The van der Waals surface area contributed by atoms with Crippen molar-refractivity contribution in [3.8, 4) is 0 Å². The molecule has 0 aliphatic heterocycles. The lowest BCUT2D eigenvalue weighted by molar-refractivity contribution is 0.0952. The highest BCUT2D eigenvalue weighted by molar-refractivity contribution is 7.92. The number of rotatable bonds is 7. The maximum atomic E-state index is 12.6. The zero-order valence-corrected chi connectivity index (χ0v) is 16.1. The molecule has 0 radical (unpaired) electrons. The lowest BCUT2D eigenvalue weighted by Crippen LogP contribution is -2.29. The Labute approximate surface area is 154 Å². The fraction of sp³-hybridized carbons (Fsp3) is 0.316. The first-order valence-electron chi connectivity index (χ1n) is 8.43. The molecule has 7 heteroatoms. The molecule has 1 amide bonds. The second-order valence-electron chi connectivity index (χ2n) is 6.47. The van der Waals surface area contributed by atoms with Gasteiger partial charge in [0.25, 0.3) is 15.9 Å². The van der Waals surface area contributed by atoms with Crippen molar-refractivity contribution < 1.29 is 13.2 Å². The third-order valence-electron chi connectivity index (χ3n) is 3.95. The van der Waals surface area contributed by atoms with Crippen molar-refractivity contribution in [3.63, 3.8) is 0 Å². The minimum atomic E-state index is -3.78. The predicted molar refractivity (Wildman–Crippen MR) is 104 cm³/mol. The molecule has 4 N–H and O–H groups in total. The van der Waals surface area contributed by atoms with Crippen LogP contribution < -0.4 is 15.8 Å². The molecule has 0 aliphatic rings. The van der Waals surface area contributed by atoms with Gasteiger partial charge in [-0.3, -0.25) is 9.52 Å². The Kier molecular flexibility index (Phi) is 6.39. The van der Waals surface area contributed by atoms with Gasteiger partial charge in [-0.1, -0.05) is 23.8 Å². The number of hydrogen-bond donors (Lipinski definition) is 3. The largest absolute Gasteiger partial charge is 0.352 e. The Balaban J connectivity index is 2.21. The standard InChI is InChI=1S/C19H25N3O3S/c1-13-4-7-16(8-5-13)22-26(24,25)17-9-6-14(2)18(12-17)19(23)21-11-10-15(3)20/h4-9,12,15,22H,10-11,20H2,1-3H3,(H,21,23). The summed E-state index contributed by atoms with van der Waals surface area (Å²) in [6.45, 7) is 5.99. The molecule has 26 heavy (non-hydrogen) atoms. The summed E-state index contributed by atoms with van der Waals surface area (Å²) in [7, 11) is -3.78. The van der Waals surface area contributed by atoms with Crippen LogP contribution in [0, 0.1) is 13.8 Å². The summed E-state index contributed by atoms with van der Waals surface area (Å²) in [4.78, 5) is 12.4. The highest BCUT2D eigenvalue weighted by Gasteiger charge is 2.18. The van der Waals surface area contributed by atoms with Crippen molar-refractivity contribution in [2.45, 2.75) is 38.1 Å². The molecule has 140 valence electrons. The van der Waals surface area contributed by atoms with Crippen LogP contribution in [0.15, 0.2) is 47.4 Å². The zero-order chi connectivity index (χ0) is 19.3. The molecule has 0 fully saturated rings. The fourth-order valence-corrected chi connectivity index (χ4v) is 3.44. The molecular weight excluding hydrogens is 350 g/mol. The summed E-state index contributed by atoms with van der Waals surface area (Å²) in [6.07, 6.45) is 0.651. The summed E-state index contributed by atoms with van der Waals surface area (Å²) in [5.41, 5.74) is 8.22. The topological polar surface area (TPSA) is 101 Å². The third-order valence-corrected chi connectivity index (χ3v) is 5.33. The zero-order valence-electron chi connectivity index (χ0n) is 15.2. The number of benzene rings is 2. The molecule has 1 unspecified atom stereocenters. The molecule has 0 saturated carbocycles. The SMILES string of the molecule is Cc1ccc(NS(=O)(=O)c2ccc(C)c(C(=O)NCCC(C)N)c2)cc1. The maximum Gasteiger partial charge on any atom is 0.261 e. The van der Waals surface area contributed by atoms with E-state index in [4.69, 9.17) is 5.73 Å². The van der Waals surface area contributed by atoms with Crippen LogP contribution in [0.3, 0.4) is 0 Å². The molecule has 1 atom stereocenters. The second kappa shape index (κ2) is 8.33. The molecule has 0 spiro atoms. The van der Waals surface area contributed by atoms with Crippen LogP contribution in [-0.4, -0.2) is 26.9 Å². The van der Waals surface area contributed by atoms with E-state index in [1.807, 2.05) is 26.0 Å². The van der Waals surface area contributed by atoms with Gasteiger partial charge >= 0.3 is 0 Å². The molecule has 0 bridgehead atoms. The number of carbonyl (C=O) groups excluding carboxylic acids is 1. The van der Waals surface area contributed by atoms with E-state index in [0.29, 0.717) is 29.8 Å². The van der Waals surface area contributed by atoms with Crippen LogP contribution in [0.2, 0.25) is 0 Å². The molecule has 0 aliphatic carbocycles. The Hall–Kier alpha value is -2.38. The molecule has 6 nitrogen and oxygen atoms in total. The molecule has 0 aromatic heterocycles. The van der Waals surface area contributed by atoms with E-state index in [1.165, 1.54) is 12.1 Å². The number of aryl methyl sites for hydroxylation is 2. The van der Waals surface area contributed by atoms with Crippen molar-refractivity contribution in [3.05, 3.63) is 59.2 Å². The van der Waals surface area contributed by atoms with Gasteiger partial charge in [0.2, 0.25) is 0 Å². The average molecular weight is 375 g/mol. The summed E-state index contributed by atoms with van der Waals surface area (Å²) >= 11 is 0. The van der Waals surface area contributed by atoms with Gasteiger partial charge in [0, 0.05) is 23.8 Å². The van der Waals surface area contributed by atoms with Gasteiger partial charge < -0.3 is 11.1 Å². The fourth-order valence-electron chi connectivity index (χ4n) is 2.36. The Bertz CT molecular complexity index is 875. The van der Waals surface area contributed by atoms with Crippen LogP contribution >= 0.6 is 0 Å². The van der Waals surface area contributed by atoms with Crippen LogP contribution in [0.5, 0.6) is 0 Å². The number of hydrogen-bond acceptors (Lipinski definition) is 4. The minimum absolute atomic E-state index is 0.0122. The summed E-state index contributed by atoms with van der Waals surface area (Å²) in [5, 5.41) is 2.77. The number of nitrogens with one attached hydrogen (secondary N) is 2. The van der Waals surface area contributed by atoms with Gasteiger partial charge in [0.05, 0.1) is 4.90 Å². The second-order valence-corrected chi connectivity index (χ2v) is 8.15. The van der Waals surface area contributed by atoms with Crippen molar-refractivity contribution in [1.29, 1.82) is 0 Å². The van der Waals surface area contributed by atoms with E-state index in [0.717, 1.165) is 5.56 Å². The Morgan fingerprint density at radius 2 is 1.77 bits per heavy atom. The molecule has 2 aromatic carbocycles. The van der Waals surface area contributed by atoms with Gasteiger partial charge in [0.15, 0.2) is 0 Å². The quantitative estimate of drug-likeness (QED) is 0.692. The van der Waals surface area contributed by atoms with E-state index in [-0.39, 0.29) is 16.8 Å². The summed E-state index contributed by atoms with van der Waals surface area (Å²) < 4.78 is 27.8. The molecule has 0 heterocycles. The number of nitrogens with two attached hydrogens (primary N) is 1. The van der Waals surface area contributed by atoms with Crippen LogP contribution in [0.1, 0.15) is 34.8 Å². The van der Waals surface area contributed by atoms with E-state index >= 15 is 0 Å². The van der Waals surface area contributed by atoms with E-state index in [9.17, 15) is 13.2 Å². The monoisotopic (exact) mass is 375 g/mol. The van der Waals surface area contributed by atoms with Gasteiger partial charge in [-0.2, -0.15) is 0 Å². The molecule has 0 saturated heterocycles. The molecule has 2 rings (SSSR count). The van der Waals surface area contributed by atoms with Crippen molar-refractivity contribution in [2.24, 2.45) is 5.73 Å². The number of anilines is 1. The Morgan fingerprint density at radius 1 is 1.12 bits per heavy atom. The van der Waals surface area contributed by atoms with Crippen LogP contribution in [-0.2, 0) is 10.0 Å². The Morgan fingerprint density at radius 3 is 2.38 bits per heavy atom. The summed E-state index contributed by atoms with van der Waals surface area (Å²) in [5.74, 6) is -0.310. The normalized spacial score (nSPS) is 12.5. The van der Waals surface area contributed by atoms with Gasteiger partial charge in [-0.05, 0) is 57.0 Å². The minimum Gasteiger partial charge on any atom is -0.352 e. The van der Waals surface area contributed by atoms with E-state index < -0.39 is 10.0 Å². The number of amides is 1. The van der Waals surface area contributed by atoms with Gasteiger partial charge in [-0.25, -0.2) is 8.42 Å².